The number of hydrogen-bond donors (Lipinski definition) is 1. The van der Waals surface area contributed by atoms with E-state index in [2.05, 4.69) is 15.2 Å². The fourth-order valence-corrected chi connectivity index (χ4v) is 1.32. The molecular formula is C9H13N5. The minimum absolute atomic E-state index is 0.194. The van der Waals surface area contributed by atoms with Gasteiger partial charge in [0.05, 0.1) is 0 Å². The Morgan fingerprint density at radius 1 is 1.50 bits per heavy atom. The van der Waals surface area contributed by atoms with Crippen molar-refractivity contribution in [2.45, 2.75) is 25.8 Å². The molecule has 2 rings (SSSR count). The van der Waals surface area contributed by atoms with Crippen molar-refractivity contribution in [2.75, 3.05) is 0 Å². The van der Waals surface area contributed by atoms with Gasteiger partial charge in [0.2, 0.25) is 0 Å². The van der Waals surface area contributed by atoms with Crippen LogP contribution in [0.1, 0.15) is 19.2 Å². The molecule has 1 atom stereocenters. The molecule has 0 aliphatic rings. The standard InChI is InChI=1S/C9H13N5/c1-7(10)3-4-8-12-13-9-11-5-2-6-14(8)9/h2,5-7H,3-4,10H2,1H3. The molecule has 0 aliphatic heterocycles. The molecule has 0 fully saturated rings. The number of rotatable bonds is 3. The molecule has 5 nitrogen and oxygen atoms in total. The minimum Gasteiger partial charge on any atom is -0.328 e. The summed E-state index contributed by atoms with van der Waals surface area (Å²) in [6.45, 7) is 1.99. The van der Waals surface area contributed by atoms with Gasteiger partial charge in [0.15, 0.2) is 0 Å². The molecule has 1 unspecified atom stereocenters. The van der Waals surface area contributed by atoms with Gasteiger partial charge in [-0.3, -0.25) is 4.40 Å². The predicted molar refractivity (Wildman–Crippen MR) is 52.8 cm³/mol. The summed E-state index contributed by atoms with van der Waals surface area (Å²) < 4.78 is 1.89. The summed E-state index contributed by atoms with van der Waals surface area (Å²) in [5.41, 5.74) is 5.68. The summed E-state index contributed by atoms with van der Waals surface area (Å²) >= 11 is 0. The number of aromatic nitrogens is 4. The van der Waals surface area contributed by atoms with Crippen LogP contribution in [-0.4, -0.2) is 25.6 Å². The molecule has 2 aromatic rings. The van der Waals surface area contributed by atoms with E-state index in [0.29, 0.717) is 5.78 Å². The first-order valence-corrected chi connectivity index (χ1v) is 4.67. The van der Waals surface area contributed by atoms with Crippen molar-refractivity contribution in [3.05, 3.63) is 24.3 Å². The summed E-state index contributed by atoms with van der Waals surface area (Å²) in [6.07, 6.45) is 5.37. The SMILES string of the molecule is CC(N)CCc1nnc2ncccn12. The summed E-state index contributed by atoms with van der Waals surface area (Å²) in [5.74, 6) is 1.57. The molecule has 0 radical (unpaired) electrons. The predicted octanol–water partition coefficient (Wildman–Crippen LogP) is 0.404. The van der Waals surface area contributed by atoms with Crippen LogP contribution in [0.4, 0.5) is 0 Å². The van der Waals surface area contributed by atoms with E-state index in [4.69, 9.17) is 5.73 Å². The number of aryl methyl sites for hydroxylation is 1. The monoisotopic (exact) mass is 191 g/mol. The first kappa shape index (κ1) is 9.08. The zero-order chi connectivity index (χ0) is 9.97. The second-order valence-electron chi connectivity index (χ2n) is 3.42. The second kappa shape index (κ2) is 3.71. The van der Waals surface area contributed by atoms with Crippen molar-refractivity contribution in [3.63, 3.8) is 0 Å². The highest BCUT2D eigenvalue weighted by molar-refractivity contribution is 5.26. The van der Waals surface area contributed by atoms with Gasteiger partial charge >= 0.3 is 0 Å². The third kappa shape index (κ3) is 1.72. The fourth-order valence-electron chi connectivity index (χ4n) is 1.32. The highest BCUT2D eigenvalue weighted by atomic mass is 15.3. The van der Waals surface area contributed by atoms with Crippen molar-refractivity contribution in [2.24, 2.45) is 5.73 Å². The van der Waals surface area contributed by atoms with Crippen LogP contribution >= 0.6 is 0 Å². The molecule has 0 aliphatic carbocycles. The highest BCUT2D eigenvalue weighted by Crippen LogP contribution is 2.03. The normalized spacial score (nSPS) is 13.3. The number of hydrogen-bond acceptors (Lipinski definition) is 4. The summed E-state index contributed by atoms with van der Waals surface area (Å²) in [6, 6.07) is 2.06. The second-order valence-corrected chi connectivity index (χ2v) is 3.42. The number of nitrogens with zero attached hydrogens (tertiary/aromatic N) is 4. The van der Waals surface area contributed by atoms with Crippen molar-refractivity contribution in [3.8, 4) is 0 Å². The lowest BCUT2D eigenvalue weighted by Gasteiger charge is -2.02. The van der Waals surface area contributed by atoms with Crippen molar-refractivity contribution in [1.29, 1.82) is 0 Å². The van der Waals surface area contributed by atoms with Gasteiger partial charge in [-0.25, -0.2) is 4.98 Å². The van der Waals surface area contributed by atoms with E-state index in [1.54, 1.807) is 6.20 Å². The zero-order valence-electron chi connectivity index (χ0n) is 8.09. The molecule has 0 amide bonds. The van der Waals surface area contributed by atoms with Gasteiger partial charge < -0.3 is 5.73 Å². The third-order valence-corrected chi connectivity index (χ3v) is 2.08. The zero-order valence-corrected chi connectivity index (χ0v) is 8.09. The summed E-state index contributed by atoms with van der Waals surface area (Å²) in [5, 5.41) is 8.02. The van der Waals surface area contributed by atoms with Crippen LogP contribution in [0.3, 0.4) is 0 Å². The van der Waals surface area contributed by atoms with E-state index < -0.39 is 0 Å². The van der Waals surface area contributed by atoms with Crippen LogP contribution in [-0.2, 0) is 6.42 Å². The molecule has 0 saturated carbocycles. The molecule has 0 saturated heterocycles. The Hall–Kier alpha value is -1.49. The Balaban J connectivity index is 2.25. The first-order chi connectivity index (χ1) is 6.77. The van der Waals surface area contributed by atoms with Crippen LogP contribution in [0.2, 0.25) is 0 Å². The van der Waals surface area contributed by atoms with E-state index in [-0.39, 0.29) is 6.04 Å². The highest BCUT2D eigenvalue weighted by Gasteiger charge is 2.05. The Bertz CT molecular complexity index is 420. The van der Waals surface area contributed by atoms with Gasteiger partial charge in [0.25, 0.3) is 5.78 Å². The molecule has 5 heteroatoms. The van der Waals surface area contributed by atoms with E-state index in [9.17, 15) is 0 Å². The van der Waals surface area contributed by atoms with Crippen LogP contribution in [0.5, 0.6) is 0 Å². The smallest absolute Gasteiger partial charge is 0.254 e. The summed E-state index contributed by atoms with van der Waals surface area (Å²) in [4.78, 5) is 4.09. The van der Waals surface area contributed by atoms with Gasteiger partial charge in [-0.15, -0.1) is 10.2 Å². The maximum Gasteiger partial charge on any atom is 0.254 e. The van der Waals surface area contributed by atoms with Gasteiger partial charge in [-0.05, 0) is 19.4 Å². The van der Waals surface area contributed by atoms with E-state index in [1.807, 2.05) is 23.6 Å². The molecule has 0 bridgehead atoms. The van der Waals surface area contributed by atoms with Gasteiger partial charge in [-0.2, -0.15) is 0 Å². The topological polar surface area (TPSA) is 69.1 Å². The minimum atomic E-state index is 0.194. The maximum atomic E-state index is 5.68. The van der Waals surface area contributed by atoms with E-state index >= 15 is 0 Å². The van der Waals surface area contributed by atoms with Gasteiger partial charge in [0, 0.05) is 24.9 Å². The maximum absolute atomic E-state index is 5.68. The number of fused-ring (bicyclic) bond motifs is 1. The Kier molecular flexibility index (Phi) is 2.41. The quantitative estimate of drug-likeness (QED) is 0.762. The molecular weight excluding hydrogens is 178 g/mol. The summed E-state index contributed by atoms with van der Waals surface area (Å²) in [7, 11) is 0. The lowest BCUT2D eigenvalue weighted by atomic mass is 10.2. The van der Waals surface area contributed by atoms with Crippen molar-refractivity contribution < 1.29 is 0 Å². The molecule has 14 heavy (non-hydrogen) atoms. The molecule has 74 valence electrons. The van der Waals surface area contributed by atoms with E-state index in [1.165, 1.54) is 0 Å². The molecule has 2 aromatic heterocycles. The Morgan fingerprint density at radius 3 is 3.14 bits per heavy atom. The average Bonchev–Trinajstić information content (AvgIpc) is 2.58. The van der Waals surface area contributed by atoms with Gasteiger partial charge in [-0.1, -0.05) is 0 Å². The molecule has 0 aromatic carbocycles. The van der Waals surface area contributed by atoms with Gasteiger partial charge in [0.1, 0.15) is 5.82 Å². The number of nitrogens with two attached hydrogens (primary N) is 1. The largest absolute Gasteiger partial charge is 0.328 e. The first-order valence-electron chi connectivity index (χ1n) is 4.67. The Labute approximate surface area is 82.0 Å². The lowest BCUT2D eigenvalue weighted by Crippen LogP contribution is -2.16. The molecule has 2 heterocycles. The van der Waals surface area contributed by atoms with Crippen LogP contribution < -0.4 is 5.73 Å². The van der Waals surface area contributed by atoms with Crippen LogP contribution in [0.25, 0.3) is 5.78 Å². The van der Waals surface area contributed by atoms with Crippen LogP contribution in [0.15, 0.2) is 18.5 Å². The molecule has 2 N–H and O–H groups in total. The van der Waals surface area contributed by atoms with Crippen molar-refractivity contribution >= 4 is 5.78 Å². The average molecular weight is 191 g/mol. The van der Waals surface area contributed by atoms with Crippen LogP contribution in [0, 0.1) is 0 Å². The Morgan fingerprint density at radius 2 is 2.36 bits per heavy atom. The fraction of sp³-hybridized carbons (Fsp3) is 0.444. The third-order valence-electron chi connectivity index (χ3n) is 2.08. The van der Waals surface area contributed by atoms with E-state index in [0.717, 1.165) is 18.7 Å². The lowest BCUT2D eigenvalue weighted by molar-refractivity contribution is 0.644. The molecule has 0 spiro atoms. The van der Waals surface area contributed by atoms with Crippen molar-refractivity contribution in [1.82, 2.24) is 19.6 Å².